The highest BCUT2D eigenvalue weighted by atomic mass is 32.1. The van der Waals surface area contributed by atoms with E-state index in [4.69, 9.17) is 0 Å². The fourth-order valence-electron chi connectivity index (χ4n) is 3.89. The van der Waals surface area contributed by atoms with Crippen LogP contribution in [0.5, 0.6) is 0 Å². The summed E-state index contributed by atoms with van der Waals surface area (Å²) in [6.45, 7) is 2.27. The lowest BCUT2D eigenvalue weighted by Crippen LogP contribution is -2.29. The van der Waals surface area contributed by atoms with Crippen LogP contribution >= 0.6 is 11.3 Å². The Morgan fingerprint density at radius 1 is 1.21 bits per heavy atom. The first kappa shape index (κ1) is 15.6. The molecule has 2 aromatic heterocycles. The number of pyridine rings is 1. The molecule has 0 amide bonds. The molecule has 0 bridgehead atoms. The summed E-state index contributed by atoms with van der Waals surface area (Å²) in [5, 5.41) is 7.48. The quantitative estimate of drug-likeness (QED) is 0.731. The molecule has 1 aliphatic rings. The second-order valence-corrected chi connectivity index (χ2v) is 7.68. The molecule has 4 heteroatoms. The molecule has 2 heterocycles. The van der Waals surface area contributed by atoms with Crippen molar-refractivity contribution in [2.24, 2.45) is 0 Å². The van der Waals surface area contributed by atoms with E-state index in [9.17, 15) is 4.79 Å². The zero-order valence-electron chi connectivity index (χ0n) is 13.8. The summed E-state index contributed by atoms with van der Waals surface area (Å²) in [6.07, 6.45) is 5.39. The Morgan fingerprint density at radius 3 is 2.92 bits per heavy atom. The van der Waals surface area contributed by atoms with Crippen LogP contribution in [-0.4, -0.2) is 11.0 Å². The van der Waals surface area contributed by atoms with Crippen LogP contribution < -0.4 is 10.9 Å². The first-order valence-electron chi connectivity index (χ1n) is 8.61. The minimum absolute atomic E-state index is 0.0237. The molecule has 0 radical (unpaired) electrons. The fourth-order valence-corrected chi connectivity index (χ4v) is 4.94. The maximum atomic E-state index is 11.2. The molecule has 124 valence electrons. The fraction of sp³-hybridized carbons (Fsp3) is 0.350. The Kier molecular flexibility index (Phi) is 4.25. The third kappa shape index (κ3) is 3.04. The molecule has 2 N–H and O–H groups in total. The van der Waals surface area contributed by atoms with Crippen LogP contribution in [0.1, 0.15) is 49.3 Å². The van der Waals surface area contributed by atoms with Gasteiger partial charge in [-0.1, -0.05) is 24.3 Å². The highest BCUT2D eigenvalue weighted by molar-refractivity contribution is 7.17. The molecule has 3 aromatic rings. The topological polar surface area (TPSA) is 44.9 Å². The van der Waals surface area contributed by atoms with Crippen molar-refractivity contribution in [3.8, 4) is 0 Å². The molecule has 1 saturated carbocycles. The molecule has 3 atom stereocenters. The maximum absolute atomic E-state index is 11.2. The van der Waals surface area contributed by atoms with E-state index < -0.39 is 0 Å². The first-order valence-corrected chi connectivity index (χ1v) is 9.49. The van der Waals surface area contributed by atoms with Crippen molar-refractivity contribution in [2.45, 2.75) is 44.2 Å². The molecule has 1 unspecified atom stereocenters. The van der Waals surface area contributed by atoms with E-state index >= 15 is 0 Å². The van der Waals surface area contributed by atoms with Crippen LogP contribution in [0.4, 0.5) is 0 Å². The lowest BCUT2D eigenvalue weighted by Gasteiger charge is -2.20. The molecule has 0 spiro atoms. The standard InChI is InChI=1S/C20H22N2OS/c1-13(18-12-24-19-5-3-2-4-17(18)19)22-16-8-6-14(10-16)15-7-9-20(23)21-11-15/h2-5,7,9,11-14,16,22H,6,8,10H2,1H3,(H,21,23)/t13-,14?,16+/m1/s1. The Hall–Kier alpha value is -1.91. The van der Waals surface area contributed by atoms with Gasteiger partial charge in [0.25, 0.3) is 0 Å². The van der Waals surface area contributed by atoms with Crippen molar-refractivity contribution < 1.29 is 0 Å². The lowest BCUT2D eigenvalue weighted by molar-refractivity contribution is 0.459. The third-order valence-corrected chi connectivity index (χ3v) is 6.16. The SMILES string of the molecule is C[C@@H](N[C@H]1CCC(c2ccc(=O)[nH]c2)C1)c1csc2ccccc12. The van der Waals surface area contributed by atoms with Gasteiger partial charge in [-0.25, -0.2) is 0 Å². The molecule has 1 aromatic carbocycles. The smallest absolute Gasteiger partial charge is 0.247 e. The summed E-state index contributed by atoms with van der Waals surface area (Å²) in [5.41, 5.74) is 2.64. The average Bonchev–Trinajstić information content (AvgIpc) is 3.22. The molecular weight excluding hydrogens is 316 g/mol. The monoisotopic (exact) mass is 338 g/mol. The van der Waals surface area contributed by atoms with E-state index in [1.165, 1.54) is 34.1 Å². The van der Waals surface area contributed by atoms with E-state index in [1.54, 1.807) is 6.07 Å². The van der Waals surface area contributed by atoms with Crippen LogP contribution in [0, 0.1) is 0 Å². The number of fused-ring (bicyclic) bond motifs is 1. The summed E-state index contributed by atoms with van der Waals surface area (Å²) in [4.78, 5) is 14.0. The van der Waals surface area contributed by atoms with Crippen molar-refractivity contribution in [3.05, 3.63) is 69.5 Å². The zero-order chi connectivity index (χ0) is 16.5. The number of rotatable bonds is 4. The van der Waals surface area contributed by atoms with Gasteiger partial charge in [-0.05, 0) is 60.1 Å². The molecule has 1 aliphatic carbocycles. The first-order chi connectivity index (χ1) is 11.7. The Balaban J connectivity index is 1.44. The molecule has 24 heavy (non-hydrogen) atoms. The zero-order valence-corrected chi connectivity index (χ0v) is 14.6. The average molecular weight is 338 g/mol. The van der Waals surface area contributed by atoms with Gasteiger partial charge in [-0.3, -0.25) is 4.79 Å². The van der Waals surface area contributed by atoms with Gasteiger partial charge in [0.2, 0.25) is 5.56 Å². The predicted octanol–water partition coefficient (Wildman–Crippen LogP) is 4.58. The van der Waals surface area contributed by atoms with Crippen molar-refractivity contribution in [2.75, 3.05) is 0 Å². The number of hydrogen-bond donors (Lipinski definition) is 2. The molecule has 1 fully saturated rings. The van der Waals surface area contributed by atoms with Crippen molar-refractivity contribution in [1.29, 1.82) is 0 Å². The maximum Gasteiger partial charge on any atom is 0.247 e. The van der Waals surface area contributed by atoms with Gasteiger partial charge in [-0.2, -0.15) is 0 Å². The number of aromatic nitrogens is 1. The number of hydrogen-bond acceptors (Lipinski definition) is 3. The summed E-state index contributed by atoms with van der Waals surface area (Å²) in [6, 6.07) is 13.1. The van der Waals surface area contributed by atoms with Gasteiger partial charge < -0.3 is 10.3 Å². The Labute approximate surface area is 145 Å². The van der Waals surface area contributed by atoms with Gasteiger partial charge in [-0.15, -0.1) is 11.3 Å². The largest absolute Gasteiger partial charge is 0.329 e. The number of nitrogens with one attached hydrogen (secondary N) is 2. The van der Waals surface area contributed by atoms with Crippen LogP contribution in [-0.2, 0) is 0 Å². The normalized spacial score (nSPS) is 22.0. The van der Waals surface area contributed by atoms with E-state index in [-0.39, 0.29) is 5.56 Å². The number of aromatic amines is 1. The number of H-pyrrole nitrogens is 1. The van der Waals surface area contributed by atoms with E-state index in [1.807, 2.05) is 23.6 Å². The highest BCUT2D eigenvalue weighted by Gasteiger charge is 2.27. The van der Waals surface area contributed by atoms with E-state index in [2.05, 4.69) is 46.9 Å². The highest BCUT2D eigenvalue weighted by Crippen LogP contribution is 2.36. The predicted molar refractivity (Wildman–Crippen MR) is 101 cm³/mol. The van der Waals surface area contributed by atoms with Crippen molar-refractivity contribution >= 4 is 21.4 Å². The van der Waals surface area contributed by atoms with Crippen molar-refractivity contribution in [3.63, 3.8) is 0 Å². The van der Waals surface area contributed by atoms with Crippen LogP contribution in [0.3, 0.4) is 0 Å². The lowest BCUT2D eigenvalue weighted by atomic mass is 9.99. The molecule has 3 nitrogen and oxygen atoms in total. The Morgan fingerprint density at radius 2 is 2.08 bits per heavy atom. The second-order valence-electron chi connectivity index (χ2n) is 6.77. The second kappa shape index (κ2) is 6.54. The third-order valence-electron chi connectivity index (χ3n) is 5.18. The molecule has 0 aliphatic heterocycles. The number of benzene rings is 1. The van der Waals surface area contributed by atoms with Crippen LogP contribution in [0.2, 0.25) is 0 Å². The minimum Gasteiger partial charge on any atom is -0.329 e. The van der Waals surface area contributed by atoms with Crippen LogP contribution in [0.15, 0.2) is 52.8 Å². The van der Waals surface area contributed by atoms with Gasteiger partial charge in [0.05, 0.1) is 0 Å². The summed E-state index contributed by atoms with van der Waals surface area (Å²) in [7, 11) is 0. The van der Waals surface area contributed by atoms with Gasteiger partial charge >= 0.3 is 0 Å². The van der Waals surface area contributed by atoms with E-state index in [0.717, 1.165) is 6.42 Å². The molecular formula is C20H22N2OS. The van der Waals surface area contributed by atoms with Gasteiger partial charge in [0.1, 0.15) is 0 Å². The summed E-state index contributed by atoms with van der Waals surface area (Å²) >= 11 is 1.83. The van der Waals surface area contributed by atoms with Crippen LogP contribution in [0.25, 0.3) is 10.1 Å². The molecule has 4 rings (SSSR count). The summed E-state index contributed by atoms with van der Waals surface area (Å²) in [5.74, 6) is 0.547. The van der Waals surface area contributed by atoms with Gasteiger partial charge in [0.15, 0.2) is 0 Å². The van der Waals surface area contributed by atoms with Gasteiger partial charge in [0, 0.05) is 29.0 Å². The summed E-state index contributed by atoms with van der Waals surface area (Å²) < 4.78 is 1.36. The number of thiophene rings is 1. The molecule has 0 saturated heterocycles. The minimum atomic E-state index is -0.0237. The van der Waals surface area contributed by atoms with Crippen molar-refractivity contribution in [1.82, 2.24) is 10.3 Å². The van der Waals surface area contributed by atoms with E-state index in [0.29, 0.717) is 18.0 Å². The Bertz CT molecular complexity index is 877.